The number of aryl methyl sites for hydroxylation is 1. The second kappa shape index (κ2) is 19.8. The van der Waals surface area contributed by atoms with Gasteiger partial charge < -0.3 is 33.8 Å². The number of hydrogen-bond donors (Lipinski definition) is 2. The summed E-state index contributed by atoms with van der Waals surface area (Å²) in [6.07, 6.45) is 4.97. The zero-order chi connectivity index (χ0) is 47.6. The van der Waals surface area contributed by atoms with Crippen LogP contribution in [0.15, 0.2) is 67.4 Å². The van der Waals surface area contributed by atoms with Gasteiger partial charge in [0.25, 0.3) is 5.91 Å². The first-order chi connectivity index (χ1) is 31.5. The average Bonchev–Trinajstić information content (AvgIpc) is 3.91. The normalized spacial score (nSPS) is 20.5. The predicted octanol–water partition coefficient (Wildman–Crippen LogP) is 5.75. The van der Waals surface area contributed by atoms with Crippen LogP contribution in [0.25, 0.3) is 33.3 Å². The van der Waals surface area contributed by atoms with Crippen LogP contribution in [0.2, 0.25) is 0 Å². The first-order valence-corrected chi connectivity index (χ1v) is 23.1. The lowest BCUT2D eigenvalue weighted by Crippen LogP contribution is -2.62. The van der Waals surface area contributed by atoms with Gasteiger partial charge in [-0.05, 0) is 103 Å². The molecule has 0 saturated carbocycles. The van der Waals surface area contributed by atoms with Crippen molar-refractivity contribution in [1.82, 2.24) is 34.7 Å². The molecule has 2 aromatic carbocycles. The molecule has 4 aromatic rings. The first-order valence-electron chi connectivity index (χ1n) is 23.1. The lowest BCUT2D eigenvalue weighted by molar-refractivity contribution is -0.158. The van der Waals surface area contributed by atoms with Gasteiger partial charge in [0.05, 0.1) is 30.5 Å². The van der Waals surface area contributed by atoms with Crippen molar-refractivity contribution in [2.24, 2.45) is 17.3 Å². The highest BCUT2D eigenvalue weighted by Crippen LogP contribution is 2.41. The number of nitrogens with zero attached hydrogens (tertiary/aromatic N) is 6. The molecule has 3 aliphatic rings. The number of carbonyl (C=O) groups is 5. The number of aromatic nitrogens is 2. The fourth-order valence-corrected chi connectivity index (χ4v) is 10.1. The highest BCUT2D eigenvalue weighted by Gasteiger charge is 2.42. The van der Waals surface area contributed by atoms with Gasteiger partial charge in [0.15, 0.2) is 0 Å². The Balaban J connectivity index is 1.32. The fraction of sp³-hybridized carbons (Fsp3) is 0.490. The third-order valence-electron chi connectivity index (χ3n) is 13.4. The number of nitrogens with one attached hydrogen (secondary N) is 1. The van der Waals surface area contributed by atoms with E-state index in [2.05, 4.69) is 55.5 Å². The topological polar surface area (TPSA) is 167 Å². The Hall–Kier alpha value is -6.06. The summed E-state index contributed by atoms with van der Waals surface area (Å²) >= 11 is 0. The summed E-state index contributed by atoms with van der Waals surface area (Å²) in [5, 5.41) is 13.8. The van der Waals surface area contributed by atoms with Crippen LogP contribution in [0.1, 0.15) is 70.7 Å². The zero-order valence-electron chi connectivity index (χ0n) is 39.6. The van der Waals surface area contributed by atoms with Crippen LogP contribution < -0.4 is 5.43 Å². The molecule has 66 heavy (non-hydrogen) atoms. The third kappa shape index (κ3) is 9.73. The van der Waals surface area contributed by atoms with E-state index in [1.807, 2.05) is 32.0 Å². The number of hydrazine groups is 1. The van der Waals surface area contributed by atoms with Crippen LogP contribution in [0.3, 0.4) is 0 Å². The van der Waals surface area contributed by atoms with E-state index >= 15 is 0 Å². The Morgan fingerprint density at radius 3 is 2.56 bits per heavy atom. The van der Waals surface area contributed by atoms with Gasteiger partial charge in [-0.25, -0.2) is 5.43 Å². The van der Waals surface area contributed by atoms with Gasteiger partial charge in [0.1, 0.15) is 23.9 Å². The highest BCUT2D eigenvalue weighted by atomic mass is 16.5. The second-order valence-electron chi connectivity index (χ2n) is 19.2. The molecule has 15 nitrogen and oxygen atoms in total. The van der Waals surface area contributed by atoms with Crippen LogP contribution in [0.4, 0.5) is 0 Å². The molecule has 352 valence electrons. The van der Waals surface area contributed by atoms with E-state index in [0.29, 0.717) is 50.9 Å². The molecule has 0 spiro atoms. The fourth-order valence-electron chi connectivity index (χ4n) is 10.1. The standard InChI is InChI=1S/C51H65N7O8/c1-10-44(60)56-21-18-34(28-56)47(61)55(8)45(31(3)4)49(63)54(7)43-24-32-22-35(25-36(59)23-32)33-16-17-42-38(26-33)39(46(57(42)11-2)37-14-12-19-52-41(37)29-65-9)27-51(5,6)30-66-50(64)40-15-13-20-58(53-40)48(43)62/h10,12,14,16-17,19,22-23,25-26,31,34,40,43,45,53,59H,1,11,13,15,18,20-21,24,27-30H2,2-9H3/t34-,40-,43-,45-/m0/s1. The van der Waals surface area contributed by atoms with Crippen LogP contribution in [-0.4, -0.2) is 130 Å². The van der Waals surface area contributed by atoms with Crippen molar-refractivity contribution < 1.29 is 38.6 Å². The SMILES string of the molecule is C=CC(=O)N1CC[C@H](C(=O)N(C)[C@H](C(=O)N(C)[C@H]2Cc3cc(O)cc(c3)-c3ccc4c(c3)c(c(-c3cccnc3COC)n4CC)CC(C)(C)COC(=O)[C@@H]3CCCN(N3)C2=O)C(C)C)C1. The van der Waals surface area contributed by atoms with Gasteiger partial charge in [0.2, 0.25) is 17.7 Å². The number of carbonyl (C=O) groups excluding carboxylic acids is 5. The summed E-state index contributed by atoms with van der Waals surface area (Å²) in [4.78, 5) is 79.2. The van der Waals surface area contributed by atoms with Crippen LogP contribution in [0, 0.1) is 17.3 Å². The van der Waals surface area contributed by atoms with E-state index in [1.165, 1.54) is 20.9 Å². The maximum Gasteiger partial charge on any atom is 0.324 e. The number of benzene rings is 2. The van der Waals surface area contributed by atoms with Gasteiger partial charge in [0, 0.05) is 81.9 Å². The van der Waals surface area contributed by atoms with Gasteiger partial charge in [-0.2, -0.15) is 0 Å². The number of phenols is 1. The van der Waals surface area contributed by atoms with Crippen LogP contribution >= 0.6 is 0 Å². The van der Waals surface area contributed by atoms with Crippen molar-refractivity contribution in [3.63, 3.8) is 0 Å². The molecule has 2 aromatic heterocycles. The summed E-state index contributed by atoms with van der Waals surface area (Å²) in [6.45, 7) is 15.6. The Kier molecular flexibility index (Phi) is 14.4. The number of methoxy groups -OCH3 is 1. The maximum absolute atomic E-state index is 14.9. The number of likely N-dealkylation sites (tertiary alicyclic amines) is 1. The number of phenolic OH excluding ortho intramolecular Hbond substituents is 1. The molecule has 0 aliphatic carbocycles. The third-order valence-corrected chi connectivity index (χ3v) is 13.4. The van der Waals surface area contributed by atoms with Gasteiger partial charge in [-0.1, -0.05) is 46.4 Å². The molecule has 7 rings (SSSR count). The van der Waals surface area contributed by atoms with Gasteiger partial charge >= 0.3 is 5.97 Å². The number of rotatable bonds is 10. The van der Waals surface area contributed by atoms with E-state index in [4.69, 9.17) is 14.5 Å². The average molecular weight is 904 g/mol. The smallest absolute Gasteiger partial charge is 0.324 e. The quantitative estimate of drug-likeness (QED) is 0.148. The van der Waals surface area contributed by atoms with E-state index in [0.717, 1.165) is 44.5 Å². The van der Waals surface area contributed by atoms with Gasteiger partial charge in [-0.15, -0.1) is 0 Å². The van der Waals surface area contributed by atoms with E-state index < -0.39 is 47.2 Å². The molecule has 2 N–H and O–H groups in total. The highest BCUT2D eigenvalue weighted by molar-refractivity contribution is 5.96. The molecule has 0 radical (unpaired) electrons. The molecule has 2 fully saturated rings. The summed E-state index contributed by atoms with van der Waals surface area (Å²) in [7, 11) is 4.82. The largest absolute Gasteiger partial charge is 0.508 e. The number of aromatic hydroxyl groups is 1. The molecule has 4 amide bonds. The molecule has 15 heteroatoms. The Morgan fingerprint density at radius 2 is 1.85 bits per heavy atom. The van der Waals surface area contributed by atoms with Gasteiger partial charge in [-0.3, -0.25) is 34.0 Å². The zero-order valence-corrected chi connectivity index (χ0v) is 39.6. The van der Waals surface area contributed by atoms with Crippen LogP contribution in [0.5, 0.6) is 5.75 Å². The molecule has 4 atom stereocenters. The summed E-state index contributed by atoms with van der Waals surface area (Å²) in [6, 6.07) is 12.6. The number of likely N-dealkylation sites (N-methyl/N-ethyl adjacent to an activating group) is 2. The molecule has 2 saturated heterocycles. The number of esters is 1. The lowest BCUT2D eigenvalue weighted by Gasteiger charge is -2.40. The minimum Gasteiger partial charge on any atom is -0.508 e. The minimum absolute atomic E-state index is 0.00485. The number of fused-ring (bicyclic) bond motifs is 6. The number of amides is 4. The summed E-state index contributed by atoms with van der Waals surface area (Å²) in [5.74, 6) is -2.71. The van der Waals surface area contributed by atoms with E-state index in [-0.39, 0.29) is 49.6 Å². The number of cyclic esters (lactones) is 1. The molecule has 3 aliphatic heterocycles. The molecular formula is C51H65N7O8. The van der Waals surface area contributed by atoms with Crippen LogP contribution in [-0.2, 0) is 59.4 Å². The van der Waals surface area contributed by atoms with Crippen molar-refractivity contribution in [1.29, 1.82) is 0 Å². The number of ether oxygens (including phenoxy) is 2. The Morgan fingerprint density at radius 1 is 1.08 bits per heavy atom. The lowest BCUT2D eigenvalue weighted by atomic mass is 9.84. The molecule has 5 heterocycles. The minimum atomic E-state index is -1.11. The Bertz CT molecular complexity index is 2510. The van der Waals surface area contributed by atoms with Crippen molar-refractivity contribution in [2.45, 2.75) is 98.0 Å². The second-order valence-corrected chi connectivity index (χ2v) is 19.2. The molecule has 6 bridgehead atoms. The monoisotopic (exact) mass is 903 g/mol. The van der Waals surface area contributed by atoms with Crippen molar-refractivity contribution in [3.05, 3.63) is 84.2 Å². The predicted molar refractivity (Wildman–Crippen MR) is 252 cm³/mol. The van der Waals surface area contributed by atoms with E-state index in [1.54, 1.807) is 44.4 Å². The van der Waals surface area contributed by atoms with Crippen molar-refractivity contribution in [3.8, 4) is 28.1 Å². The van der Waals surface area contributed by atoms with Crippen molar-refractivity contribution in [2.75, 3.05) is 47.4 Å². The summed E-state index contributed by atoms with van der Waals surface area (Å²) in [5.41, 5.74) is 9.61. The number of pyridine rings is 1. The van der Waals surface area contributed by atoms with Crippen molar-refractivity contribution >= 4 is 40.5 Å². The Labute approximate surface area is 387 Å². The number of hydrogen-bond acceptors (Lipinski definition) is 10. The van der Waals surface area contributed by atoms with E-state index in [9.17, 15) is 29.1 Å². The molecular weight excluding hydrogens is 839 g/mol. The summed E-state index contributed by atoms with van der Waals surface area (Å²) < 4.78 is 14.0. The maximum atomic E-state index is 14.9. The molecule has 0 unspecified atom stereocenters. The first kappa shape index (κ1) is 47.9.